The van der Waals surface area contributed by atoms with Crippen molar-refractivity contribution in [1.29, 1.82) is 0 Å². The van der Waals surface area contributed by atoms with E-state index in [1.165, 1.54) is 23.9 Å². The summed E-state index contributed by atoms with van der Waals surface area (Å²) < 4.78 is 39.3. The summed E-state index contributed by atoms with van der Waals surface area (Å²) in [4.78, 5) is 4.20. The van der Waals surface area contributed by atoms with Crippen molar-refractivity contribution in [2.24, 2.45) is 0 Å². The predicted octanol–water partition coefficient (Wildman–Crippen LogP) is 3.61. The van der Waals surface area contributed by atoms with E-state index in [1.54, 1.807) is 16.7 Å². The van der Waals surface area contributed by atoms with Crippen LogP contribution in [0.3, 0.4) is 0 Å². The summed E-state index contributed by atoms with van der Waals surface area (Å²) in [6.07, 6.45) is -0.864. The maximum Gasteiger partial charge on any atom is 0.416 e. The number of alkyl halides is 3. The Bertz CT molecular complexity index is 798. The highest BCUT2D eigenvalue weighted by Crippen LogP contribution is 2.30. The van der Waals surface area contributed by atoms with Crippen LogP contribution >= 0.6 is 11.8 Å². The van der Waals surface area contributed by atoms with Crippen LogP contribution in [0.15, 0.2) is 41.7 Å². The van der Waals surface area contributed by atoms with Crippen LogP contribution < -0.4 is 5.32 Å². The fourth-order valence-corrected chi connectivity index (χ4v) is 2.44. The molecule has 0 aliphatic carbocycles. The summed E-state index contributed by atoms with van der Waals surface area (Å²) in [5.74, 6) is 0.396. The van der Waals surface area contributed by atoms with Gasteiger partial charge in [-0.05, 0) is 30.5 Å². The van der Waals surface area contributed by atoms with Crippen LogP contribution in [0.1, 0.15) is 5.56 Å². The van der Waals surface area contributed by atoms with Crippen LogP contribution in [0, 0.1) is 0 Å². The van der Waals surface area contributed by atoms with E-state index in [-0.39, 0.29) is 0 Å². The number of benzene rings is 1. The monoisotopic (exact) mass is 325 g/mol. The Kier molecular flexibility index (Phi) is 3.65. The molecule has 0 atom stereocenters. The van der Waals surface area contributed by atoms with E-state index in [0.717, 1.165) is 12.1 Å². The SMILES string of the molecule is CSc1nccc2nnc(Nc3ccc(C(F)(F)F)cc3)n12. The summed E-state index contributed by atoms with van der Waals surface area (Å²) in [6.45, 7) is 0. The average Bonchev–Trinajstić information content (AvgIpc) is 2.90. The number of hydrogen-bond donors (Lipinski definition) is 1. The minimum absolute atomic E-state index is 0.396. The zero-order valence-electron chi connectivity index (χ0n) is 11.3. The van der Waals surface area contributed by atoms with E-state index in [2.05, 4.69) is 20.5 Å². The van der Waals surface area contributed by atoms with Gasteiger partial charge in [0.15, 0.2) is 10.8 Å². The van der Waals surface area contributed by atoms with Crippen molar-refractivity contribution in [3.8, 4) is 0 Å². The first-order valence-corrected chi connectivity index (χ1v) is 7.40. The smallest absolute Gasteiger partial charge is 0.324 e. The lowest BCUT2D eigenvalue weighted by Gasteiger charge is -2.09. The molecule has 9 heteroatoms. The van der Waals surface area contributed by atoms with Gasteiger partial charge in [-0.15, -0.1) is 10.2 Å². The zero-order chi connectivity index (χ0) is 15.7. The topological polar surface area (TPSA) is 55.1 Å². The molecule has 3 aromatic rings. The van der Waals surface area contributed by atoms with Crippen molar-refractivity contribution in [2.45, 2.75) is 11.3 Å². The number of halogens is 3. The molecule has 0 radical (unpaired) electrons. The van der Waals surface area contributed by atoms with Crippen molar-refractivity contribution in [3.05, 3.63) is 42.1 Å². The highest BCUT2D eigenvalue weighted by Gasteiger charge is 2.29. The van der Waals surface area contributed by atoms with E-state index in [0.29, 0.717) is 22.4 Å². The second kappa shape index (κ2) is 5.48. The Morgan fingerprint density at radius 3 is 2.45 bits per heavy atom. The van der Waals surface area contributed by atoms with Crippen molar-refractivity contribution >= 4 is 29.0 Å². The second-order valence-corrected chi connectivity index (χ2v) is 5.12. The van der Waals surface area contributed by atoms with Gasteiger partial charge in [-0.1, -0.05) is 11.8 Å². The minimum Gasteiger partial charge on any atom is -0.324 e. The maximum atomic E-state index is 12.5. The van der Waals surface area contributed by atoms with E-state index in [9.17, 15) is 13.2 Å². The van der Waals surface area contributed by atoms with Gasteiger partial charge in [-0.25, -0.2) is 9.38 Å². The van der Waals surface area contributed by atoms with Crippen LogP contribution in [0.4, 0.5) is 24.8 Å². The molecule has 0 fully saturated rings. The quantitative estimate of drug-likeness (QED) is 0.589. The number of hydrogen-bond acceptors (Lipinski definition) is 5. The molecule has 1 aromatic carbocycles. The zero-order valence-corrected chi connectivity index (χ0v) is 12.1. The first-order chi connectivity index (χ1) is 10.5. The molecule has 0 saturated carbocycles. The van der Waals surface area contributed by atoms with Crippen LogP contribution in [-0.2, 0) is 6.18 Å². The van der Waals surface area contributed by atoms with Crippen LogP contribution in [0.25, 0.3) is 5.65 Å². The molecule has 0 aliphatic heterocycles. The standard InChI is InChI=1S/C13H10F3N5S/c1-22-12-17-7-6-10-19-20-11(21(10)12)18-9-4-2-8(3-5-9)13(14,15)16/h2-7H,1H3,(H,18,20). The Balaban J connectivity index is 1.93. The summed E-state index contributed by atoms with van der Waals surface area (Å²) >= 11 is 1.42. The van der Waals surface area contributed by atoms with E-state index >= 15 is 0 Å². The molecule has 0 amide bonds. The molecule has 0 spiro atoms. The van der Waals surface area contributed by atoms with Gasteiger partial charge in [0.1, 0.15) is 0 Å². The number of fused-ring (bicyclic) bond motifs is 1. The summed E-state index contributed by atoms with van der Waals surface area (Å²) in [6, 6.07) is 6.42. The fourth-order valence-electron chi connectivity index (χ4n) is 1.91. The summed E-state index contributed by atoms with van der Waals surface area (Å²) in [7, 11) is 0. The molecule has 1 N–H and O–H groups in total. The van der Waals surface area contributed by atoms with Gasteiger partial charge in [0, 0.05) is 18.0 Å². The van der Waals surface area contributed by atoms with Gasteiger partial charge >= 0.3 is 6.18 Å². The first kappa shape index (κ1) is 14.6. The number of nitrogens with one attached hydrogen (secondary N) is 1. The molecule has 114 valence electrons. The van der Waals surface area contributed by atoms with E-state index < -0.39 is 11.7 Å². The molecule has 0 unspecified atom stereocenters. The average molecular weight is 325 g/mol. The molecule has 5 nitrogen and oxygen atoms in total. The fraction of sp³-hybridized carbons (Fsp3) is 0.154. The molecular formula is C13H10F3N5S. The largest absolute Gasteiger partial charge is 0.416 e. The maximum absolute atomic E-state index is 12.5. The van der Waals surface area contributed by atoms with Gasteiger partial charge in [-0.2, -0.15) is 13.2 Å². The van der Waals surface area contributed by atoms with Crippen LogP contribution in [0.5, 0.6) is 0 Å². The predicted molar refractivity (Wildman–Crippen MR) is 77.3 cm³/mol. The molecule has 0 saturated heterocycles. The Labute approximate surface area is 127 Å². The molecule has 0 aliphatic rings. The molecule has 2 heterocycles. The lowest BCUT2D eigenvalue weighted by atomic mass is 10.2. The van der Waals surface area contributed by atoms with E-state index in [4.69, 9.17) is 0 Å². The van der Waals surface area contributed by atoms with Crippen LogP contribution in [-0.4, -0.2) is 25.8 Å². The van der Waals surface area contributed by atoms with Gasteiger partial charge in [0.05, 0.1) is 5.56 Å². The Hall–Kier alpha value is -2.29. The van der Waals surface area contributed by atoms with Gasteiger partial charge in [0.25, 0.3) is 0 Å². The summed E-state index contributed by atoms with van der Waals surface area (Å²) in [5.41, 5.74) is 0.391. The molecule has 3 rings (SSSR count). The Morgan fingerprint density at radius 2 is 1.82 bits per heavy atom. The number of rotatable bonds is 3. The first-order valence-electron chi connectivity index (χ1n) is 6.17. The normalized spacial score (nSPS) is 11.8. The third kappa shape index (κ3) is 2.71. The molecule has 0 bridgehead atoms. The number of aromatic nitrogens is 4. The van der Waals surface area contributed by atoms with Crippen molar-refractivity contribution in [2.75, 3.05) is 11.6 Å². The van der Waals surface area contributed by atoms with Crippen molar-refractivity contribution in [3.63, 3.8) is 0 Å². The third-order valence-electron chi connectivity index (χ3n) is 2.94. The third-order valence-corrected chi connectivity index (χ3v) is 3.59. The van der Waals surface area contributed by atoms with Gasteiger partial charge < -0.3 is 5.32 Å². The molecule has 22 heavy (non-hydrogen) atoms. The van der Waals surface area contributed by atoms with Crippen molar-refractivity contribution < 1.29 is 13.2 Å². The lowest BCUT2D eigenvalue weighted by Crippen LogP contribution is -2.05. The second-order valence-electron chi connectivity index (χ2n) is 4.35. The van der Waals surface area contributed by atoms with Gasteiger partial charge in [0.2, 0.25) is 5.95 Å². The Morgan fingerprint density at radius 1 is 1.09 bits per heavy atom. The number of anilines is 2. The van der Waals surface area contributed by atoms with E-state index in [1.807, 2.05) is 6.26 Å². The molecule has 2 aromatic heterocycles. The van der Waals surface area contributed by atoms with Crippen LogP contribution in [0.2, 0.25) is 0 Å². The number of thioether (sulfide) groups is 1. The summed E-state index contributed by atoms with van der Waals surface area (Å²) in [5, 5.41) is 11.6. The molecular weight excluding hydrogens is 315 g/mol. The number of nitrogens with zero attached hydrogens (tertiary/aromatic N) is 4. The minimum atomic E-state index is -4.35. The highest BCUT2D eigenvalue weighted by atomic mass is 32.2. The van der Waals surface area contributed by atoms with Gasteiger partial charge in [-0.3, -0.25) is 0 Å². The van der Waals surface area contributed by atoms with Crippen molar-refractivity contribution in [1.82, 2.24) is 19.6 Å². The lowest BCUT2D eigenvalue weighted by molar-refractivity contribution is -0.137. The highest BCUT2D eigenvalue weighted by molar-refractivity contribution is 7.98.